The predicted octanol–water partition coefficient (Wildman–Crippen LogP) is 2.42. The molecule has 1 amide bonds. The van der Waals surface area contributed by atoms with Gasteiger partial charge in [-0.2, -0.15) is 0 Å². The minimum Gasteiger partial charge on any atom is -0.323 e. The van der Waals surface area contributed by atoms with E-state index in [1.807, 2.05) is 6.92 Å². The van der Waals surface area contributed by atoms with Crippen LogP contribution in [0.5, 0.6) is 0 Å². The van der Waals surface area contributed by atoms with Crippen molar-refractivity contribution in [2.45, 2.75) is 19.4 Å². The van der Waals surface area contributed by atoms with Gasteiger partial charge in [0.2, 0.25) is 5.91 Å². The lowest BCUT2D eigenvalue weighted by Crippen LogP contribution is -2.32. The number of benzene rings is 1. The van der Waals surface area contributed by atoms with Gasteiger partial charge < -0.3 is 10.6 Å². The Balaban J connectivity index is 2.07. The van der Waals surface area contributed by atoms with Gasteiger partial charge in [-0.1, -0.05) is 11.6 Å². The molecule has 5 heteroatoms. The maximum atomic E-state index is 13.5. The van der Waals surface area contributed by atoms with Crippen LogP contribution in [0.1, 0.15) is 13.3 Å². The molecular weight excluding hydrogens is 243 g/mol. The van der Waals surface area contributed by atoms with Crippen LogP contribution in [0.2, 0.25) is 5.02 Å². The monoisotopic (exact) mass is 256 g/mol. The number of hydrogen-bond acceptors (Lipinski definition) is 2. The minimum atomic E-state index is -0.510. The average molecular weight is 257 g/mol. The molecule has 2 atom stereocenters. The van der Waals surface area contributed by atoms with E-state index in [-0.39, 0.29) is 23.6 Å². The number of amides is 1. The van der Waals surface area contributed by atoms with E-state index >= 15 is 0 Å². The molecule has 92 valence electrons. The molecule has 1 aliphatic heterocycles. The summed E-state index contributed by atoms with van der Waals surface area (Å²) >= 11 is 5.64. The van der Waals surface area contributed by atoms with Crippen molar-refractivity contribution >= 4 is 23.2 Å². The molecule has 1 heterocycles. The van der Waals surface area contributed by atoms with E-state index in [0.29, 0.717) is 5.02 Å². The van der Waals surface area contributed by atoms with Crippen LogP contribution in [0, 0.1) is 11.7 Å². The van der Waals surface area contributed by atoms with Crippen LogP contribution in [0.25, 0.3) is 0 Å². The van der Waals surface area contributed by atoms with Gasteiger partial charge in [0, 0.05) is 11.1 Å². The summed E-state index contributed by atoms with van der Waals surface area (Å²) in [5, 5.41) is 6.10. The molecule has 1 saturated heterocycles. The first-order chi connectivity index (χ1) is 8.08. The number of carbonyl (C=O) groups is 1. The summed E-state index contributed by atoms with van der Waals surface area (Å²) in [6, 6.07) is 4.34. The Morgan fingerprint density at radius 3 is 2.94 bits per heavy atom. The maximum Gasteiger partial charge on any atom is 0.229 e. The fraction of sp³-hybridized carbons (Fsp3) is 0.417. The summed E-state index contributed by atoms with van der Waals surface area (Å²) in [5.74, 6) is -0.766. The Morgan fingerprint density at radius 1 is 1.59 bits per heavy atom. The maximum absolute atomic E-state index is 13.5. The van der Waals surface area contributed by atoms with Crippen molar-refractivity contribution in [2.24, 2.45) is 5.92 Å². The topological polar surface area (TPSA) is 41.1 Å². The Morgan fingerprint density at radius 2 is 2.35 bits per heavy atom. The summed E-state index contributed by atoms with van der Waals surface area (Å²) in [5.41, 5.74) is 0.179. The molecule has 0 bridgehead atoms. The van der Waals surface area contributed by atoms with Crippen molar-refractivity contribution in [1.29, 1.82) is 0 Å². The lowest BCUT2D eigenvalue weighted by atomic mass is 10.0. The number of nitrogens with one attached hydrogen (secondary N) is 2. The van der Waals surface area contributed by atoms with Crippen molar-refractivity contribution < 1.29 is 9.18 Å². The summed E-state index contributed by atoms with van der Waals surface area (Å²) in [6.45, 7) is 2.78. The van der Waals surface area contributed by atoms with Gasteiger partial charge in [0.1, 0.15) is 5.82 Å². The summed E-state index contributed by atoms with van der Waals surface area (Å²) in [7, 11) is 0. The van der Waals surface area contributed by atoms with Crippen LogP contribution in [0.4, 0.5) is 10.1 Å². The molecule has 0 spiro atoms. The molecule has 17 heavy (non-hydrogen) atoms. The van der Waals surface area contributed by atoms with Gasteiger partial charge in [-0.05, 0) is 38.1 Å². The van der Waals surface area contributed by atoms with E-state index in [9.17, 15) is 9.18 Å². The molecule has 0 aliphatic carbocycles. The average Bonchev–Trinajstić information content (AvgIpc) is 2.68. The fourth-order valence-electron chi connectivity index (χ4n) is 2.03. The highest BCUT2D eigenvalue weighted by Crippen LogP contribution is 2.22. The predicted molar refractivity (Wildman–Crippen MR) is 65.6 cm³/mol. The first-order valence-corrected chi connectivity index (χ1v) is 5.95. The third kappa shape index (κ3) is 2.76. The molecule has 3 nitrogen and oxygen atoms in total. The largest absolute Gasteiger partial charge is 0.323 e. The smallest absolute Gasteiger partial charge is 0.229 e. The van der Waals surface area contributed by atoms with Crippen molar-refractivity contribution in [1.82, 2.24) is 5.32 Å². The third-order valence-electron chi connectivity index (χ3n) is 3.05. The molecular formula is C12H14ClFN2O. The standard InChI is InChI=1S/C12H14ClFN2O/c1-7-9(4-5-15-7)12(17)16-11-3-2-8(13)6-10(11)14/h2-3,6-7,9,15H,4-5H2,1H3,(H,16,17). The highest BCUT2D eigenvalue weighted by molar-refractivity contribution is 6.30. The van der Waals surface area contributed by atoms with Gasteiger partial charge in [-0.3, -0.25) is 4.79 Å². The Hall–Kier alpha value is -1.13. The van der Waals surface area contributed by atoms with Gasteiger partial charge in [-0.25, -0.2) is 4.39 Å². The van der Waals surface area contributed by atoms with E-state index in [0.717, 1.165) is 13.0 Å². The Kier molecular flexibility index (Phi) is 3.64. The van der Waals surface area contributed by atoms with E-state index in [1.165, 1.54) is 12.1 Å². The SMILES string of the molecule is CC1NCCC1C(=O)Nc1ccc(Cl)cc1F. The molecule has 1 fully saturated rings. The first-order valence-electron chi connectivity index (χ1n) is 5.57. The van der Waals surface area contributed by atoms with E-state index in [4.69, 9.17) is 11.6 Å². The number of halogens is 2. The van der Waals surface area contributed by atoms with Gasteiger partial charge in [0.15, 0.2) is 0 Å². The van der Waals surface area contributed by atoms with Crippen molar-refractivity contribution in [2.75, 3.05) is 11.9 Å². The second kappa shape index (κ2) is 5.02. The van der Waals surface area contributed by atoms with Crippen LogP contribution in [-0.2, 0) is 4.79 Å². The van der Waals surface area contributed by atoms with Crippen LogP contribution < -0.4 is 10.6 Å². The molecule has 0 radical (unpaired) electrons. The molecule has 0 aromatic heterocycles. The third-order valence-corrected chi connectivity index (χ3v) is 3.29. The zero-order valence-corrected chi connectivity index (χ0v) is 10.2. The van der Waals surface area contributed by atoms with Crippen LogP contribution in [0.3, 0.4) is 0 Å². The summed E-state index contributed by atoms with van der Waals surface area (Å²) < 4.78 is 13.5. The van der Waals surface area contributed by atoms with E-state index in [2.05, 4.69) is 10.6 Å². The molecule has 2 rings (SSSR count). The van der Waals surface area contributed by atoms with Gasteiger partial charge in [-0.15, -0.1) is 0 Å². The summed E-state index contributed by atoms with van der Waals surface area (Å²) in [6.07, 6.45) is 0.780. The quantitative estimate of drug-likeness (QED) is 0.853. The van der Waals surface area contributed by atoms with Gasteiger partial charge in [0.05, 0.1) is 11.6 Å². The molecule has 1 aromatic rings. The molecule has 2 N–H and O–H groups in total. The van der Waals surface area contributed by atoms with Crippen molar-refractivity contribution in [3.05, 3.63) is 29.0 Å². The first kappa shape index (κ1) is 12.3. The van der Waals surface area contributed by atoms with E-state index < -0.39 is 5.82 Å². The number of rotatable bonds is 2. The second-order valence-corrected chi connectivity index (χ2v) is 4.69. The van der Waals surface area contributed by atoms with Crippen LogP contribution in [0.15, 0.2) is 18.2 Å². The number of carbonyl (C=O) groups excluding carboxylic acids is 1. The second-order valence-electron chi connectivity index (χ2n) is 4.25. The van der Waals surface area contributed by atoms with Gasteiger partial charge >= 0.3 is 0 Å². The van der Waals surface area contributed by atoms with Crippen LogP contribution in [-0.4, -0.2) is 18.5 Å². The molecule has 1 aromatic carbocycles. The van der Waals surface area contributed by atoms with E-state index in [1.54, 1.807) is 6.07 Å². The van der Waals surface area contributed by atoms with Crippen LogP contribution >= 0.6 is 11.6 Å². The molecule has 1 aliphatic rings. The number of anilines is 1. The minimum absolute atomic E-state index is 0.106. The summed E-state index contributed by atoms with van der Waals surface area (Å²) in [4.78, 5) is 11.9. The molecule has 2 unspecified atom stereocenters. The molecule has 0 saturated carbocycles. The number of hydrogen-bond donors (Lipinski definition) is 2. The Bertz CT molecular complexity index is 439. The normalized spacial score (nSPS) is 23.7. The zero-order valence-electron chi connectivity index (χ0n) is 9.47. The van der Waals surface area contributed by atoms with Crippen molar-refractivity contribution in [3.63, 3.8) is 0 Å². The Labute approximate surface area is 104 Å². The van der Waals surface area contributed by atoms with Crippen molar-refractivity contribution in [3.8, 4) is 0 Å². The highest BCUT2D eigenvalue weighted by Gasteiger charge is 2.29. The lowest BCUT2D eigenvalue weighted by Gasteiger charge is -2.15. The fourth-order valence-corrected chi connectivity index (χ4v) is 2.19. The lowest BCUT2D eigenvalue weighted by molar-refractivity contribution is -0.120. The van der Waals surface area contributed by atoms with Gasteiger partial charge in [0.25, 0.3) is 0 Å². The zero-order chi connectivity index (χ0) is 12.4. The highest BCUT2D eigenvalue weighted by atomic mass is 35.5.